The normalized spacial score (nSPS) is 18.6. The number of amides is 1. The van der Waals surface area contributed by atoms with Gasteiger partial charge in [0, 0.05) is 13.1 Å². The molecule has 0 aliphatic carbocycles. The molecule has 100 valence electrons. The van der Waals surface area contributed by atoms with Crippen LogP contribution in [0.4, 0.5) is 4.39 Å². The molecule has 1 atom stereocenters. The van der Waals surface area contributed by atoms with Gasteiger partial charge in [-0.2, -0.15) is 0 Å². The van der Waals surface area contributed by atoms with Gasteiger partial charge in [-0.05, 0) is 36.5 Å². The summed E-state index contributed by atoms with van der Waals surface area (Å²) in [5.74, 6) is 0.280. The van der Waals surface area contributed by atoms with Crippen molar-refractivity contribution in [2.75, 3.05) is 19.6 Å². The lowest BCUT2D eigenvalue weighted by Crippen LogP contribution is -2.34. The van der Waals surface area contributed by atoms with Gasteiger partial charge < -0.3 is 10.6 Å². The van der Waals surface area contributed by atoms with Gasteiger partial charge in [-0.1, -0.05) is 12.1 Å². The molecule has 0 bridgehead atoms. The van der Waals surface area contributed by atoms with Crippen LogP contribution in [0.15, 0.2) is 24.3 Å². The molecule has 0 spiro atoms. The van der Waals surface area contributed by atoms with Crippen molar-refractivity contribution in [3.8, 4) is 0 Å². The fourth-order valence-corrected chi connectivity index (χ4v) is 2.31. The lowest BCUT2D eigenvalue weighted by atomic mass is 9.99. The lowest BCUT2D eigenvalue weighted by molar-refractivity contribution is -0.128. The number of halogens is 2. The number of nitrogens with zero attached hydrogens (tertiary/aromatic N) is 1. The van der Waals surface area contributed by atoms with Gasteiger partial charge in [-0.25, -0.2) is 4.39 Å². The number of nitrogens with two attached hydrogens (primary N) is 1. The van der Waals surface area contributed by atoms with E-state index >= 15 is 0 Å². The van der Waals surface area contributed by atoms with Crippen LogP contribution in [0.5, 0.6) is 0 Å². The Morgan fingerprint density at radius 1 is 1.39 bits per heavy atom. The van der Waals surface area contributed by atoms with Crippen molar-refractivity contribution < 1.29 is 9.18 Å². The van der Waals surface area contributed by atoms with Crippen LogP contribution >= 0.6 is 12.4 Å². The van der Waals surface area contributed by atoms with Crippen LogP contribution in [0, 0.1) is 11.7 Å². The van der Waals surface area contributed by atoms with Crippen LogP contribution in [-0.2, 0) is 11.2 Å². The van der Waals surface area contributed by atoms with E-state index in [2.05, 4.69) is 0 Å². The fourth-order valence-electron chi connectivity index (χ4n) is 2.31. The Morgan fingerprint density at radius 3 is 2.67 bits per heavy atom. The number of hydrogen-bond donors (Lipinski definition) is 1. The minimum absolute atomic E-state index is 0. The van der Waals surface area contributed by atoms with Gasteiger partial charge >= 0.3 is 0 Å². The van der Waals surface area contributed by atoms with Crippen molar-refractivity contribution in [2.45, 2.75) is 12.8 Å². The molecular weight excluding hydrogens is 255 g/mol. The zero-order valence-corrected chi connectivity index (χ0v) is 11.0. The van der Waals surface area contributed by atoms with Crippen molar-refractivity contribution >= 4 is 18.3 Å². The Bertz CT molecular complexity index is 396. The molecule has 1 heterocycles. The summed E-state index contributed by atoms with van der Waals surface area (Å²) in [6.45, 7) is 1.65. The van der Waals surface area contributed by atoms with E-state index in [0.29, 0.717) is 5.92 Å². The Hall–Kier alpha value is -1.13. The monoisotopic (exact) mass is 272 g/mol. The van der Waals surface area contributed by atoms with Gasteiger partial charge in [0.25, 0.3) is 0 Å². The highest BCUT2D eigenvalue weighted by atomic mass is 35.5. The maximum atomic E-state index is 12.7. The third kappa shape index (κ3) is 3.68. The Morgan fingerprint density at radius 2 is 2.06 bits per heavy atom. The van der Waals surface area contributed by atoms with Crippen molar-refractivity contribution in [3.63, 3.8) is 0 Å². The van der Waals surface area contributed by atoms with E-state index in [1.165, 1.54) is 12.1 Å². The molecule has 0 aromatic heterocycles. The summed E-state index contributed by atoms with van der Waals surface area (Å²) < 4.78 is 12.7. The maximum absolute atomic E-state index is 12.7. The first-order chi connectivity index (χ1) is 8.19. The average Bonchev–Trinajstić information content (AvgIpc) is 2.80. The van der Waals surface area contributed by atoms with Gasteiger partial charge in [-0.15, -0.1) is 12.4 Å². The third-order valence-corrected chi connectivity index (χ3v) is 3.25. The number of benzene rings is 1. The van der Waals surface area contributed by atoms with Gasteiger partial charge in [0.05, 0.1) is 6.54 Å². The number of likely N-dealkylation sites (tertiary alicyclic amines) is 1. The highest BCUT2D eigenvalue weighted by Gasteiger charge is 2.25. The van der Waals surface area contributed by atoms with Crippen molar-refractivity contribution in [1.82, 2.24) is 4.90 Å². The molecule has 1 aromatic rings. The molecule has 0 saturated carbocycles. The summed E-state index contributed by atoms with van der Waals surface area (Å²) in [7, 11) is 0. The van der Waals surface area contributed by atoms with Crippen molar-refractivity contribution in [3.05, 3.63) is 35.6 Å². The number of carbonyl (C=O) groups excluding carboxylic acids is 1. The molecule has 1 unspecified atom stereocenters. The molecule has 1 aromatic carbocycles. The Kier molecular flexibility index (Phi) is 5.56. The van der Waals surface area contributed by atoms with E-state index in [-0.39, 0.29) is 30.7 Å². The second-order valence-electron chi connectivity index (χ2n) is 4.53. The first-order valence-electron chi connectivity index (χ1n) is 5.91. The van der Waals surface area contributed by atoms with Gasteiger partial charge in [0.15, 0.2) is 0 Å². The molecule has 1 saturated heterocycles. The minimum atomic E-state index is -0.208. The standard InChI is InChI=1S/C13H17FN2O.ClH/c14-12-3-1-10(2-4-12)7-11-5-6-16(9-11)13(17)8-15;/h1-4,11H,5-9,15H2;1H. The molecule has 1 aliphatic heterocycles. The van der Waals surface area contributed by atoms with E-state index in [9.17, 15) is 9.18 Å². The Balaban J connectivity index is 0.00000162. The summed E-state index contributed by atoms with van der Waals surface area (Å²) in [4.78, 5) is 13.2. The summed E-state index contributed by atoms with van der Waals surface area (Å²) in [6.07, 6.45) is 1.90. The summed E-state index contributed by atoms with van der Waals surface area (Å²) in [5, 5.41) is 0. The molecule has 2 N–H and O–H groups in total. The predicted octanol–water partition coefficient (Wildman–Crippen LogP) is 1.60. The summed E-state index contributed by atoms with van der Waals surface area (Å²) in [6, 6.07) is 6.58. The van der Waals surface area contributed by atoms with Crippen molar-refractivity contribution in [1.29, 1.82) is 0 Å². The van der Waals surface area contributed by atoms with E-state index in [0.717, 1.165) is 31.5 Å². The first kappa shape index (κ1) is 14.9. The van der Waals surface area contributed by atoms with E-state index in [4.69, 9.17) is 5.73 Å². The lowest BCUT2D eigenvalue weighted by Gasteiger charge is -2.15. The first-order valence-corrected chi connectivity index (χ1v) is 5.91. The average molecular weight is 273 g/mol. The number of hydrogen-bond acceptors (Lipinski definition) is 2. The molecular formula is C13H18ClFN2O. The van der Waals surface area contributed by atoms with Crippen molar-refractivity contribution in [2.24, 2.45) is 11.7 Å². The molecule has 1 amide bonds. The smallest absolute Gasteiger partial charge is 0.236 e. The largest absolute Gasteiger partial charge is 0.341 e. The molecule has 18 heavy (non-hydrogen) atoms. The predicted molar refractivity (Wildman–Crippen MR) is 71.1 cm³/mol. The minimum Gasteiger partial charge on any atom is -0.341 e. The topological polar surface area (TPSA) is 46.3 Å². The van der Waals surface area contributed by atoms with Gasteiger partial charge in [0.2, 0.25) is 5.91 Å². The maximum Gasteiger partial charge on any atom is 0.236 e. The third-order valence-electron chi connectivity index (χ3n) is 3.25. The molecule has 3 nitrogen and oxygen atoms in total. The number of rotatable bonds is 3. The van der Waals surface area contributed by atoms with Crippen LogP contribution < -0.4 is 5.73 Å². The molecule has 1 aliphatic rings. The highest BCUT2D eigenvalue weighted by molar-refractivity contribution is 5.85. The van der Waals surface area contributed by atoms with Crippen LogP contribution in [-0.4, -0.2) is 30.4 Å². The molecule has 2 rings (SSSR count). The van der Waals surface area contributed by atoms with E-state index in [1.807, 2.05) is 17.0 Å². The quantitative estimate of drug-likeness (QED) is 0.908. The van der Waals surface area contributed by atoms with E-state index in [1.54, 1.807) is 0 Å². The zero-order valence-electron chi connectivity index (χ0n) is 10.1. The number of carbonyl (C=O) groups is 1. The summed E-state index contributed by atoms with van der Waals surface area (Å²) in [5.41, 5.74) is 6.46. The van der Waals surface area contributed by atoms with Crippen LogP contribution in [0.1, 0.15) is 12.0 Å². The molecule has 5 heteroatoms. The second kappa shape index (κ2) is 6.71. The zero-order chi connectivity index (χ0) is 12.3. The molecule has 1 fully saturated rings. The van der Waals surface area contributed by atoms with Gasteiger partial charge in [0.1, 0.15) is 5.82 Å². The van der Waals surface area contributed by atoms with Gasteiger partial charge in [-0.3, -0.25) is 4.79 Å². The Labute approximate surface area is 113 Å². The van der Waals surface area contributed by atoms with Crippen LogP contribution in [0.25, 0.3) is 0 Å². The SMILES string of the molecule is Cl.NCC(=O)N1CCC(Cc2ccc(F)cc2)C1. The molecule has 0 radical (unpaired) electrons. The van der Waals surface area contributed by atoms with Crippen LogP contribution in [0.2, 0.25) is 0 Å². The van der Waals surface area contributed by atoms with E-state index < -0.39 is 0 Å². The fraction of sp³-hybridized carbons (Fsp3) is 0.462. The summed E-state index contributed by atoms with van der Waals surface area (Å²) >= 11 is 0. The highest BCUT2D eigenvalue weighted by Crippen LogP contribution is 2.20. The van der Waals surface area contributed by atoms with Crippen LogP contribution in [0.3, 0.4) is 0 Å². The second-order valence-corrected chi connectivity index (χ2v) is 4.53.